The van der Waals surface area contributed by atoms with Crippen LogP contribution in [-0.4, -0.2) is 28.3 Å². The van der Waals surface area contributed by atoms with Gasteiger partial charge in [-0.15, -0.1) is 5.39 Å². The van der Waals surface area contributed by atoms with E-state index in [1.807, 2.05) is 0 Å². The molecule has 0 aliphatic rings. The van der Waals surface area contributed by atoms with E-state index in [0.717, 1.165) is 0 Å². The monoisotopic (exact) mass is 164 g/mol. The van der Waals surface area contributed by atoms with Crippen molar-refractivity contribution in [2.24, 2.45) is 5.41 Å². The van der Waals surface area contributed by atoms with E-state index in [1.54, 1.807) is 0 Å². The summed E-state index contributed by atoms with van der Waals surface area (Å²) in [4.78, 5) is 14.4. The molecule has 0 saturated carbocycles. The Morgan fingerprint density at radius 3 is 2.45 bits per heavy atom. The van der Waals surface area contributed by atoms with Gasteiger partial charge in [0.15, 0.2) is 0 Å². The molecule has 0 aromatic carbocycles. The van der Waals surface area contributed by atoms with Crippen molar-refractivity contribution in [3.05, 3.63) is 5.21 Å². The molecule has 0 unspecified atom stereocenters. The first kappa shape index (κ1) is 10.3. The fourth-order valence-corrected chi connectivity index (χ4v) is 0.278. The van der Waals surface area contributed by atoms with Gasteiger partial charge in [-0.3, -0.25) is 9.63 Å². The van der Waals surface area contributed by atoms with Crippen LogP contribution in [0.3, 0.4) is 0 Å². The molecule has 66 valence electrons. The van der Waals surface area contributed by atoms with Crippen molar-refractivity contribution in [2.75, 3.05) is 6.61 Å². The number of carboxylic acid groups (broad SMARTS) is 1. The minimum absolute atomic E-state index is 0.373. The molecule has 0 amide bonds. The molecule has 6 heteroatoms. The summed E-state index contributed by atoms with van der Waals surface area (Å²) < 4.78 is 0. The fourth-order valence-electron chi connectivity index (χ4n) is 0.278. The Bertz CT molecular complexity index is 144. The molecule has 0 aliphatic carbocycles. The maximum absolute atomic E-state index is 10.4. The van der Waals surface area contributed by atoms with Gasteiger partial charge in [-0.05, 0) is 13.8 Å². The van der Waals surface area contributed by atoms with Crippen LogP contribution in [0.5, 0.6) is 0 Å². The molecular weight excluding hydrogens is 154 g/mol. The Morgan fingerprint density at radius 2 is 2.18 bits per heavy atom. The van der Waals surface area contributed by atoms with Gasteiger partial charge in [-0.1, -0.05) is 0 Å². The first-order valence-electron chi connectivity index (χ1n) is 2.89. The normalized spacial score (nSPS) is 12.1. The maximum Gasteiger partial charge on any atom is 0.311 e. The average molecular weight is 164 g/mol. The maximum atomic E-state index is 10.4. The molecule has 0 fully saturated rings. The lowest BCUT2D eigenvalue weighted by molar-refractivity contribution is -0.314. The molecule has 6 nitrogen and oxygen atoms in total. The predicted molar refractivity (Wildman–Crippen MR) is 34.4 cm³/mol. The lowest BCUT2D eigenvalue weighted by Gasteiger charge is -2.24. The highest BCUT2D eigenvalue weighted by Gasteiger charge is 2.27. The first-order chi connectivity index (χ1) is 4.86. The lowest BCUT2D eigenvalue weighted by Crippen LogP contribution is -2.31. The van der Waals surface area contributed by atoms with Crippen LogP contribution >= 0.6 is 0 Å². The van der Waals surface area contributed by atoms with Gasteiger partial charge in [-0.25, -0.2) is 0 Å². The van der Waals surface area contributed by atoms with Crippen molar-refractivity contribution < 1.29 is 19.9 Å². The van der Waals surface area contributed by atoms with Crippen molar-refractivity contribution in [2.45, 2.75) is 13.8 Å². The van der Waals surface area contributed by atoms with Gasteiger partial charge >= 0.3 is 5.97 Å². The quantitative estimate of drug-likeness (QED) is 0.577. The molecule has 0 spiro atoms. The summed E-state index contributed by atoms with van der Waals surface area (Å²) in [6.07, 6.45) is 0. The van der Waals surface area contributed by atoms with E-state index in [-0.39, 0.29) is 6.61 Å². The zero-order valence-electron chi connectivity index (χ0n) is 6.27. The van der Waals surface area contributed by atoms with E-state index in [2.05, 4.69) is 4.84 Å². The molecule has 11 heavy (non-hydrogen) atoms. The first-order valence-corrected chi connectivity index (χ1v) is 2.89. The number of hydrogen-bond donors (Lipinski definition) is 2. The smallest absolute Gasteiger partial charge is 0.311 e. The van der Waals surface area contributed by atoms with E-state index in [0.29, 0.717) is 0 Å². The van der Waals surface area contributed by atoms with Crippen LogP contribution in [0.25, 0.3) is 0 Å². The van der Waals surface area contributed by atoms with Crippen LogP contribution in [0.2, 0.25) is 0 Å². The van der Waals surface area contributed by atoms with Crippen LogP contribution in [-0.2, 0) is 9.63 Å². The predicted octanol–water partition coefficient (Wildman–Crippen LogP) is 0.218. The van der Waals surface area contributed by atoms with E-state index < -0.39 is 16.8 Å². The zero-order chi connectivity index (χ0) is 9.07. The molecule has 0 radical (unpaired) electrons. The summed E-state index contributed by atoms with van der Waals surface area (Å²) in [7, 11) is 0. The van der Waals surface area contributed by atoms with E-state index >= 15 is 0 Å². The summed E-state index contributed by atoms with van der Waals surface area (Å²) in [5.74, 6) is -1.10. The number of nitrogens with zero attached hydrogens (tertiary/aromatic N) is 1. The number of carboxylic acids is 1. The highest BCUT2D eigenvalue weighted by molar-refractivity contribution is 5.73. The summed E-state index contributed by atoms with van der Waals surface area (Å²) in [6, 6.07) is 0. The second-order valence-corrected chi connectivity index (χ2v) is 2.70. The standard InChI is InChI=1S/C5H10NO5/c1-5(2,4(7)8)3-11-6(9)10/h9H,3H2,1-2H3,(H,7,8)/q-1. The Balaban J connectivity index is 3.83. The molecule has 0 saturated heterocycles. The van der Waals surface area contributed by atoms with Gasteiger partial charge in [0.05, 0.1) is 12.0 Å². The zero-order valence-corrected chi connectivity index (χ0v) is 6.27. The van der Waals surface area contributed by atoms with Gasteiger partial charge in [0.2, 0.25) is 0 Å². The average Bonchev–Trinajstić information content (AvgIpc) is 1.84. The molecule has 2 N–H and O–H groups in total. The van der Waals surface area contributed by atoms with Crippen LogP contribution in [0.1, 0.15) is 13.8 Å². The minimum atomic E-state index is -1.18. The largest absolute Gasteiger partial charge is 0.738 e. The summed E-state index contributed by atoms with van der Waals surface area (Å²) in [6.45, 7) is 2.38. The molecule has 0 aliphatic heterocycles. The second-order valence-electron chi connectivity index (χ2n) is 2.70. The van der Waals surface area contributed by atoms with E-state index in [1.165, 1.54) is 13.8 Å². The second kappa shape index (κ2) is 3.63. The molecule has 0 aromatic rings. The van der Waals surface area contributed by atoms with Gasteiger partial charge in [0.1, 0.15) is 0 Å². The SMILES string of the molecule is CC(C)(CON([O-])O)C(=O)O. The number of carbonyl (C=O) groups is 1. The molecule has 0 heterocycles. The van der Waals surface area contributed by atoms with E-state index in [4.69, 9.17) is 10.3 Å². The Labute approximate surface area is 63.5 Å². The van der Waals surface area contributed by atoms with E-state index in [9.17, 15) is 10.0 Å². The lowest BCUT2D eigenvalue weighted by atomic mass is 9.96. The molecule has 0 rings (SSSR count). The summed E-state index contributed by atoms with van der Waals surface area (Å²) in [5, 5.41) is 25.4. The third-order valence-corrected chi connectivity index (χ3v) is 1.11. The van der Waals surface area contributed by atoms with Crippen molar-refractivity contribution in [1.29, 1.82) is 0 Å². The number of aliphatic carboxylic acids is 1. The Kier molecular flexibility index (Phi) is 3.40. The molecule has 0 aromatic heterocycles. The van der Waals surface area contributed by atoms with Gasteiger partial charge in [0, 0.05) is 0 Å². The third-order valence-electron chi connectivity index (χ3n) is 1.11. The third kappa shape index (κ3) is 3.89. The van der Waals surface area contributed by atoms with Gasteiger partial charge in [-0.2, -0.15) is 0 Å². The topological polar surface area (TPSA) is 93.1 Å². The number of hydrogen-bond acceptors (Lipinski definition) is 5. The summed E-state index contributed by atoms with van der Waals surface area (Å²) in [5.41, 5.74) is -1.18. The van der Waals surface area contributed by atoms with Gasteiger partial charge < -0.3 is 15.5 Å². The van der Waals surface area contributed by atoms with Crippen LogP contribution in [0.4, 0.5) is 0 Å². The van der Waals surface area contributed by atoms with Crippen molar-refractivity contribution in [3.63, 3.8) is 0 Å². The van der Waals surface area contributed by atoms with Crippen LogP contribution in [0.15, 0.2) is 0 Å². The van der Waals surface area contributed by atoms with Crippen molar-refractivity contribution in [1.82, 2.24) is 5.39 Å². The fraction of sp³-hybridized carbons (Fsp3) is 0.800. The van der Waals surface area contributed by atoms with Crippen LogP contribution < -0.4 is 0 Å². The molecular formula is C5H10NO5-. The van der Waals surface area contributed by atoms with Gasteiger partial charge in [0.25, 0.3) is 0 Å². The van der Waals surface area contributed by atoms with Crippen molar-refractivity contribution in [3.8, 4) is 0 Å². The minimum Gasteiger partial charge on any atom is -0.738 e. The van der Waals surface area contributed by atoms with Crippen LogP contribution in [0, 0.1) is 10.6 Å². The summed E-state index contributed by atoms with van der Waals surface area (Å²) >= 11 is 0. The number of rotatable bonds is 4. The molecule has 0 atom stereocenters. The Hall–Kier alpha value is -0.690. The highest BCUT2D eigenvalue weighted by atomic mass is 17.1. The Morgan fingerprint density at radius 1 is 1.73 bits per heavy atom. The highest BCUT2D eigenvalue weighted by Crippen LogP contribution is 2.15. The molecule has 0 bridgehead atoms. The van der Waals surface area contributed by atoms with Crippen molar-refractivity contribution >= 4 is 5.97 Å².